The van der Waals surface area contributed by atoms with E-state index in [4.69, 9.17) is 14.2 Å². The number of nitrogens with zero attached hydrogens (tertiary/aromatic N) is 1. The average molecular weight is 465 g/mol. The highest BCUT2D eigenvalue weighted by molar-refractivity contribution is 5.70. The Balaban J connectivity index is 1.37. The predicted octanol–water partition coefficient (Wildman–Crippen LogP) is 5.17. The van der Waals surface area contributed by atoms with E-state index in [1.54, 1.807) is 7.11 Å². The van der Waals surface area contributed by atoms with E-state index in [9.17, 15) is 4.79 Å². The monoisotopic (exact) mass is 464 g/mol. The van der Waals surface area contributed by atoms with Crippen LogP contribution >= 0.6 is 0 Å². The summed E-state index contributed by atoms with van der Waals surface area (Å²) in [5, 5.41) is 3.27. The molecule has 1 unspecified atom stereocenters. The van der Waals surface area contributed by atoms with Crippen LogP contribution in [0.25, 0.3) is 11.1 Å². The number of carbonyl (C=O) groups excluding carboxylic acids is 1. The van der Waals surface area contributed by atoms with E-state index >= 15 is 0 Å². The highest BCUT2D eigenvalue weighted by atomic mass is 16.7. The van der Waals surface area contributed by atoms with Crippen molar-refractivity contribution in [2.24, 2.45) is 11.3 Å². The number of alkyl carbamates (subject to hydrolysis) is 1. The maximum atomic E-state index is 13.1. The summed E-state index contributed by atoms with van der Waals surface area (Å²) in [5.41, 5.74) is 4.60. The number of carbonyl (C=O) groups is 1. The lowest BCUT2D eigenvalue weighted by Gasteiger charge is -2.44. The van der Waals surface area contributed by atoms with Gasteiger partial charge in [-0.2, -0.15) is 0 Å². The maximum absolute atomic E-state index is 13.1. The van der Waals surface area contributed by atoms with Crippen molar-refractivity contribution in [3.05, 3.63) is 53.6 Å². The Hall–Kier alpha value is -2.57. The van der Waals surface area contributed by atoms with E-state index in [0.29, 0.717) is 5.92 Å². The van der Waals surface area contributed by atoms with Gasteiger partial charge in [-0.15, -0.1) is 0 Å². The van der Waals surface area contributed by atoms with Gasteiger partial charge in [-0.3, -0.25) is 4.90 Å². The molecule has 6 nitrogen and oxygen atoms in total. The third-order valence-corrected chi connectivity index (χ3v) is 7.90. The minimum absolute atomic E-state index is 0.00912. The number of benzene rings is 2. The number of amides is 1. The van der Waals surface area contributed by atoms with E-state index in [1.807, 2.05) is 18.2 Å². The van der Waals surface area contributed by atoms with Crippen LogP contribution in [-0.2, 0) is 15.9 Å². The SMILES string of the molecule is COCOc1cccc(-c2ccc3c(c2)C(NC(=O)O[C@H]2CN4CCC2CC4)C(C)(C)CC3)c1. The molecular formula is C28H36N2O4. The molecule has 3 aliphatic heterocycles. The molecule has 34 heavy (non-hydrogen) atoms. The van der Waals surface area contributed by atoms with Crippen molar-refractivity contribution in [2.45, 2.75) is 51.7 Å². The minimum Gasteiger partial charge on any atom is -0.468 e. The molecular weight excluding hydrogens is 428 g/mol. The molecule has 6 rings (SSSR count). The fourth-order valence-corrected chi connectivity index (χ4v) is 5.79. The summed E-state index contributed by atoms with van der Waals surface area (Å²) < 4.78 is 16.6. The van der Waals surface area contributed by atoms with Crippen LogP contribution in [0.1, 0.15) is 50.3 Å². The highest BCUT2D eigenvalue weighted by Gasteiger charge is 2.40. The molecule has 1 aliphatic carbocycles. The number of methoxy groups -OCH3 is 1. The number of aryl methyl sites for hydroxylation is 1. The first-order valence-corrected chi connectivity index (χ1v) is 12.5. The molecule has 2 aromatic carbocycles. The van der Waals surface area contributed by atoms with Crippen molar-refractivity contribution in [2.75, 3.05) is 33.5 Å². The number of hydrogen-bond acceptors (Lipinski definition) is 5. The van der Waals surface area contributed by atoms with Crippen LogP contribution in [-0.4, -0.2) is 50.6 Å². The second kappa shape index (κ2) is 9.59. The van der Waals surface area contributed by atoms with E-state index in [0.717, 1.165) is 62.2 Å². The summed E-state index contributed by atoms with van der Waals surface area (Å²) in [4.78, 5) is 15.5. The van der Waals surface area contributed by atoms with Crippen molar-refractivity contribution >= 4 is 6.09 Å². The molecule has 0 spiro atoms. The summed E-state index contributed by atoms with van der Waals surface area (Å²) in [7, 11) is 1.61. The first-order chi connectivity index (χ1) is 16.4. The van der Waals surface area contributed by atoms with Crippen molar-refractivity contribution in [3.63, 3.8) is 0 Å². The third kappa shape index (κ3) is 4.80. The molecule has 1 N–H and O–H groups in total. The molecule has 6 heteroatoms. The van der Waals surface area contributed by atoms with Gasteiger partial charge in [0.25, 0.3) is 0 Å². The quantitative estimate of drug-likeness (QED) is 0.598. The molecule has 1 amide bonds. The van der Waals surface area contributed by atoms with Crippen LogP contribution in [0.15, 0.2) is 42.5 Å². The summed E-state index contributed by atoms with van der Waals surface area (Å²) in [6, 6.07) is 14.5. The summed E-state index contributed by atoms with van der Waals surface area (Å²) in [6.45, 7) is 7.83. The smallest absolute Gasteiger partial charge is 0.407 e. The average Bonchev–Trinajstić information content (AvgIpc) is 2.85. The molecule has 0 radical (unpaired) electrons. The minimum atomic E-state index is -0.287. The third-order valence-electron chi connectivity index (χ3n) is 7.90. The zero-order valence-corrected chi connectivity index (χ0v) is 20.5. The van der Waals surface area contributed by atoms with E-state index in [2.05, 4.69) is 48.3 Å². The molecule has 3 saturated heterocycles. The van der Waals surface area contributed by atoms with Crippen LogP contribution < -0.4 is 10.1 Å². The lowest BCUT2D eigenvalue weighted by molar-refractivity contribution is -0.0353. The zero-order valence-electron chi connectivity index (χ0n) is 20.5. The Bertz CT molecular complexity index is 1030. The van der Waals surface area contributed by atoms with Crippen LogP contribution in [0.2, 0.25) is 0 Å². The van der Waals surface area contributed by atoms with Crippen molar-refractivity contribution in [3.8, 4) is 16.9 Å². The number of rotatable bonds is 6. The Morgan fingerprint density at radius 2 is 1.91 bits per heavy atom. The number of ether oxygens (including phenoxy) is 3. The fraction of sp³-hybridized carbons (Fsp3) is 0.536. The molecule has 0 saturated carbocycles. The first-order valence-electron chi connectivity index (χ1n) is 12.5. The van der Waals surface area contributed by atoms with E-state index in [1.165, 1.54) is 11.1 Å². The molecule has 4 aliphatic rings. The Morgan fingerprint density at radius 3 is 2.65 bits per heavy atom. The van der Waals surface area contributed by atoms with Crippen molar-refractivity contribution < 1.29 is 19.0 Å². The van der Waals surface area contributed by atoms with Crippen LogP contribution in [0.5, 0.6) is 5.75 Å². The Morgan fingerprint density at radius 1 is 1.12 bits per heavy atom. The second-order valence-corrected chi connectivity index (χ2v) is 10.6. The van der Waals surface area contributed by atoms with E-state index in [-0.39, 0.29) is 30.4 Å². The van der Waals surface area contributed by atoms with Crippen molar-refractivity contribution in [1.29, 1.82) is 0 Å². The van der Waals surface area contributed by atoms with Gasteiger partial charge in [-0.05, 0) is 90.6 Å². The summed E-state index contributed by atoms with van der Waals surface area (Å²) in [5.74, 6) is 1.27. The van der Waals surface area contributed by atoms with Crippen molar-refractivity contribution in [1.82, 2.24) is 10.2 Å². The summed E-state index contributed by atoms with van der Waals surface area (Å²) >= 11 is 0. The lowest BCUT2D eigenvalue weighted by atomic mass is 9.70. The van der Waals surface area contributed by atoms with Gasteiger partial charge in [0.05, 0.1) is 6.04 Å². The Kier molecular flexibility index (Phi) is 6.54. The van der Waals surface area contributed by atoms with Gasteiger partial charge in [0.15, 0.2) is 6.79 Å². The first kappa shape index (κ1) is 23.2. The lowest BCUT2D eigenvalue weighted by Crippen LogP contribution is -2.53. The van der Waals surface area contributed by atoms with Crippen LogP contribution in [0, 0.1) is 11.3 Å². The van der Waals surface area contributed by atoms with Gasteiger partial charge < -0.3 is 19.5 Å². The van der Waals surface area contributed by atoms with Crippen LogP contribution in [0.3, 0.4) is 0 Å². The molecule has 0 aromatic heterocycles. The second-order valence-electron chi connectivity index (χ2n) is 10.6. The van der Waals surface area contributed by atoms with Gasteiger partial charge in [0.2, 0.25) is 0 Å². The largest absolute Gasteiger partial charge is 0.468 e. The van der Waals surface area contributed by atoms with Gasteiger partial charge in [0, 0.05) is 13.7 Å². The standard InChI is InChI=1S/C28H36N2O4/c1-28(2)12-9-19-7-8-22(21-5-4-6-23(15-21)33-18-32-3)16-24(19)26(28)29-27(31)34-25-17-30-13-10-20(25)11-14-30/h4-8,15-16,20,25-26H,9-14,17-18H2,1-3H3,(H,29,31)/t25-,26?/m0/s1. The molecule has 2 aromatic rings. The maximum Gasteiger partial charge on any atom is 0.407 e. The molecule has 3 heterocycles. The number of piperidine rings is 3. The molecule has 2 atom stereocenters. The normalized spacial score (nSPS) is 27.0. The molecule has 3 fully saturated rings. The van der Waals surface area contributed by atoms with Gasteiger partial charge in [-0.1, -0.05) is 38.1 Å². The fourth-order valence-electron chi connectivity index (χ4n) is 5.79. The number of hydrogen-bond donors (Lipinski definition) is 1. The summed E-state index contributed by atoms with van der Waals surface area (Å²) in [6.07, 6.45) is 4.01. The number of nitrogens with one attached hydrogen (secondary N) is 1. The van der Waals surface area contributed by atoms with Gasteiger partial charge >= 0.3 is 6.09 Å². The highest BCUT2D eigenvalue weighted by Crippen LogP contribution is 2.45. The molecule has 182 valence electrons. The van der Waals surface area contributed by atoms with E-state index < -0.39 is 0 Å². The zero-order chi connectivity index (χ0) is 23.7. The number of fused-ring (bicyclic) bond motifs is 4. The molecule has 2 bridgehead atoms. The van der Waals surface area contributed by atoms with Gasteiger partial charge in [0.1, 0.15) is 11.9 Å². The van der Waals surface area contributed by atoms with Gasteiger partial charge in [-0.25, -0.2) is 4.79 Å². The predicted molar refractivity (Wildman–Crippen MR) is 132 cm³/mol. The topological polar surface area (TPSA) is 60.0 Å². The van der Waals surface area contributed by atoms with Crippen LogP contribution in [0.4, 0.5) is 4.79 Å². The Labute approximate surface area is 202 Å².